The molecule has 138 valence electrons. The molecule has 0 fully saturated rings. The fraction of sp³-hybridized carbons (Fsp3) is 0.200. The van der Waals surface area contributed by atoms with Crippen LogP contribution >= 0.6 is 0 Å². The number of hydrogen-bond donors (Lipinski definition) is 0. The van der Waals surface area contributed by atoms with Gasteiger partial charge in [-0.25, -0.2) is 4.79 Å². The minimum atomic E-state index is -0.222. The van der Waals surface area contributed by atoms with E-state index in [1.165, 1.54) is 4.57 Å². The Labute approximate surface area is 155 Å². The van der Waals surface area contributed by atoms with Gasteiger partial charge >= 0.3 is 5.69 Å². The van der Waals surface area contributed by atoms with Crippen molar-refractivity contribution >= 4 is 16.9 Å². The third-order valence-corrected chi connectivity index (χ3v) is 4.55. The van der Waals surface area contributed by atoms with Crippen molar-refractivity contribution in [2.75, 3.05) is 0 Å². The molecular formula is C20H19N3O4. The first-order valence-electron chi connectivity index (χ1n) is 8.60. The zero-order valence-electron chi connectivity index (χ0n) is 14.9. The molecular weight excluding hydrogens is 346 g/mol. The minimum Gasteiger partial charge on any atom is -0.467 e. The average molecular weight is 365 g/mol. The van der Waals surface area contributed by atoms with Gasteiger partial charge in [0.1, 0.15) is 18.1 Å². The second kappa shape index (κ2) is 7.03. The first-order chi connectivity index (χ1) is 13.1. The van der Waals surface area contributed by atoms with Gasteiger partial charge in [0, 0.05) is 7.05 Å². The molecule has 0 spiro atoms. The van der Waals surface area contributed by atoms with Crippen LogP contribution in [0.4, 0.5) is 0 Å². The van der Waals surface area contributed by atoms with Gasteiger partial charge in [0.25, 0.3) is 0 Å². The van der Waals surface area contributed by atoms with E-state index in [-0.39, 0.29) is 18.1 Å². The quantitative estimate of drug-likeness (QED) is 0.527. The number of hydrogen-bond acceptors (Lipinski definition) is 4. The molecule has 1 aromatic carbocycles. The predicted octanol–water partition coefficient (Wildman–Crippen LogP) is 2.76. The zero-order valence-corrected chi connectivity index (χ0v) is 14.9. The molecule has 0 N–H and O–H groups in total. The van der Waals surface area contributed by atoms with Gasteiger partial charge in [-0.1, -0.05) is 12.1 Å². The molecule has 0 aliphatic heterocycles. The number of aromatic nitrogens is 2. The van der Waals surface area contributed by atoms with Gasteiger partial charge in [-0.2, -0.15) is 0 Å². The number of nitrogens with zero attached hydrogens (tertiary/aromatic N) is 3. The Bertz CT molecular complexity index is 1070. The van der Waals surface area contributed by atoms with Crippen molar-refractivity contribution in [3.05, 3.63) is 83.1 Å². The van der Waals surface area contributed by atoms with Crippen LogP contribution in [0, 0.1) is 0 Å². The number of imidazole rings is 1. The molecule has 3 aromatic heterocycles. The average Bonchev–Trinajstić information content (AvgIpc) is 3.41. The largest absolute Gasteiger partial charge is 0.467 e. The van der Waals surface area contributed by atoms with Gasteiger partial charge in [0.15, 0.2) is 0 Å². The number of aryl methyl sites for hydroxylation is 1. The maximum atomic E-state index is 13.0. The lowest BCUT2D eigenvalue weighted by molar-refractivity contribution is -0.133. The van der Waals surface area contributed by atoms with Crippen molar-refractivity contribution in [1.29, 1.82) is 0 Å². The van der Waals surface area contributed by atoms with Gasteiger partial charge < -0.3 is 13.7 Å². The molecule has 0 atom stereocenters. The smallest absolute Gasteiger partial charge is 0.329 e. The van der Waals surface area contributed by atoms with Crippen LogP contribution in [-0.2, 0) is 31.5 Å². The fourth-order valence-corrected chi connectivity index (χ4v) is 3.16. The first-order valence-corrected chi connectivity index (χ1v) is 8.60. The summed E-state index contributed by atoms with van der Waals surface area (Å²) in [5.74, 6) is 1.14. The normalized spacial score (nSPS) is 11.1. The topological polar surface area (TPSA) is 73.5 Å². The van der Waals surface area contributed by atoms with E-state index in [9.17, 15) is 9.59 Å². The van der Waals surface area contributed by atoms with Gasteiger partial charge in [0.2, 0.25) is 5.91 Å². The van der Waals surface area contributed by atoms with Crippen LogP contribution in [-0.4, -0.2) is 19.9 Å². The van der Waals surface area contributed by atoms with Gasteiger partial charge in [0.05, 0.1) is 36.6 Å². The number of furan rings is 2. The van der Waals surface area contributed by atoms with E-state index >= 15 is 0 Å². The van der Waals surface area contributed by atoms with Gasteiger partial charge in [-0.15, -0.1) is 0 Å². The molecule has 0 aliphatic carbocycles. The minimum absolute atomic E-state index is 0.0540. The Morgan fingerprint density at radius 2 is 1.52 bits per heavy atom. The predicted molar refractivity (Wildman–Crippen MR) is 98.8 cm³/mol. The van der Waals surface area contributed by atoms with E-state index in [2.05, 4.69) is 0 Å². The van der Waals surface area contributed by atoms with Crippen molar-refractivity contribution in [2.45, 2.75) is 19.6 Å². The van der Waals surface area contributed by atoms with Gasteiger partial charge in [-0.3, -0.25) is 13.9 Å². The number of benzene rings is 1. The molecule has 7 heteroatoms. The second-order valence-electron chi connectivity index (χ2n) is 6.32. The van der Waals surface area contributed by atoms with E-state index in [4.69, 9.17) is 8.83 Å². The van der Waals surface area contributed by atoms with Crippen LogP contribution in [0.3, 0.4) is 0 Å². The van der Waals surface area contributed by atoms with Crippen LogP contribution in [0.15, 0.2) is 74.7 Å². The summed E-state index contributed by atoms with van der Waals surface area (Å²) in [7, 11) is 1.70. The van der Waals surface area contributed by atoms with E-state index in [1.54, 1.807) is 41.2 Å². The Morgan fingerprint density at radius 1 is 0.926 bits per heavy atom. The van der Waals surface area contributed by atoms with Crippen LogP contribution in [0.2, 0.25) is 0 Å². The van der Waals surface area contributed by atoms with Crippen molar-refractivity contribution in [3.63, 3.8) is 0 Å². The Morgan fingerprint density at radius 3 is 2.07 bits per heavy atom. The van der Waals surface area contributed by atoms with E-state index in [1.807, 2.05) is 36.4 Å². The summed E-state index contributed by atoms with van der Waals surface area (Å²) in [5, 5.41) is 0. The number of rotatable bonds is 6. The third-order valence-electron chi connectivity index (χ3n) is 4.55. The molecule has 0 aliphatic rings. The SMILES string of the molecule is Cn1c(=O)n(CC(=O)N(Cc2ccco2)Cc2ccco2)c2ccccc21. The summed E-state index contributed by atoms with van der Waals surface area (Å²) in [6.45, 7) is 0.541. The monoisotopic (exact) mass is 365 g/mol. The summed E-state index contributed by atoms with van der Waals surface area (Å²) in [6.07, 6.45) is 3.14. The maximum absolute atomic E-state index is 13.0. The van der Waals surface area contributed by atoms with Crippen molar-refractivity contribution in [3.8, 4) is 0 Å². The summed E-state index contributed by atoms with van der Waals surface area (Å²) in [5.41, 5.74) is 1.30. The van der Waals surface area contributed by atoms with Crippen LogP contribution in [0.5, 0.6) is 0 Å². The Balaban J connectivity index is 1.64. The third kappa shape index (κ3) is 3.31. The van der Waals surface area contributed by atoms with Crippen molar-refractivity contribution in [1.82, 2.24) is 14.0 Å². The molecule has 0 radical (unpaired) electrons. The van der Waals surface area contributed by atoms with E-state index in [0.29, 0.717) is 24.6 Å². The number of fused-ring (bicyclic) bond motifs is 1. The number of carbonyl (C=O) groups excluding carboxylic acids is 1. The molecule has 0 saturated carbocycles. The maximum Gasteiger partial charge on any atom is 0.329 e. The molecule has 4 aromatic rings. The molecule has 1 amide bonds. The van der Waals surface area contributed by atoms with Crippen LogP contribution in [0.25, 0.3) is 11.0 Å². The summed E-state index contributed by atoms with van der Waals surface area (Å²) >= 11 is 0. The highest BCUT2D eigenvalue weighted by molar-refractivity contribution is 5.81. The highest BCUT2D eigenvalue weighted by Gasteiger charge is 2.20. The van der Waals surface area contributed by atoms with Crippen LogP contribution < -0.4 is 5.69 Å². The van der Waals surface area contributed by atoms with Gasteiger partial charge in [-0.05, 0) is 36.4 Å². The van der Waals surface area contributed by atoms with E-state index < -0.39 is 0 Å². The van der Waals surface area contributed by atoms with E-state index in [0.717, 1.165) is 11.0 Å². The summed E-state index contributed by atoms with van der Waals surface area (Å²) in [4.78, 5) is 27.3. The molecule has 0 saturated heterocycles. The summed E-state index contributed by atoms with van der Waals surface area (Å²) < 4.78 is 13.8. The van der Waals surface area contributed by atoms with Crippen molar-refractivity contribution in [2.24, 2.45) is 7.05 Å². The van der Waals surface area contributed by atoms with Crippen molar-refractivity contribution < 1.29 is 13.6 Å². The lowest BCUT2D eigenvalue weighted by Gasteiger charge is -2.21. The standard InChI is InChI=1S/C20H19N3O4/c1-21-17-8-2-3-9-18(17)23(20(21)25)14-19(24)22(12-15-6-4-10-26-15)13-16-7-5-11-27-16/h2-11H,12-14H2,1H3. The van der Waals surface area contributed by atoms with Crippen LogP contribution in [0.1, 0.15) is 11.5 Å². The number of para-hydroxylation sites is 2. The fourth-order valence-electron chi connectivity index (χ4n) is 3.16. The summed E-state index contributed by atoms with van der Waals surface area (Å²) in [6, 6.07) is 14.6. The lowest BCUT2D eigenvalue weighted by Crippen LogP contribution is -2.35. The lowest BCUT2D eigenvalue weighted by atomic mass is 10.3. The highest BCUT2D eigenvalue weighted by Crippen LogP contribution is 2.15. The molecule has 3 heterocycles. The molecule has 0 unspecified atom stereocenters. The molecule has 0 bridgehead atoms. The molecule has 7 nitrogen and oxygen atoms in total. The Hall–Kier alpha value is -3.48. The number of carbonyl (C=O) groups is 1. The first kappa shape index (κ1) is 17.0. The zero-order chi connectivity index (χ0) is 18.8. The molecule has 27 heavy (non-hydrogen) atoms. The highest BCUT2D eigenvalue weighted by atomic mass is 16.3. The Kier molecular flexibility index (Phi) is 4.42. The second-order valence-corrected chi connectivity index (χ2v) is 6.32. The molecule has 4 rings (SSSR count). The number of amides is 1.